The second-order valence-corrected chi connectivity index (χ2v) is 8.19. The Bertz CT molecular complexity index is 793. The molecule has 3 nitrogen and oxygen atoms in total. The second kappa shape index (κ2) is 8.35. The molecule has 0 saturated heterocycles. The molecule has 0 atom stereocenters. The third-order valence-electron chi connectivity index (χ3n) is 5.33. The molecule has 144 valence electrons. The number of carbonyl (C=O) groups is 1. The summed E-state index contributed by atoms with van der Waals surface area (Å²) < 4.78 is 5.80. The fourth-order valence-corrected chi connectivity index (χ4v) is 4.06. The predicted octanol–water partition coefficient (Wildman–Crippen LogP) is 6.28. The smallest absolute Gasteiger partial charge is 0.235 e. The number of anilines is 1. The Morgan fingerprint density at radius 1 is 1.07 bits per heavy atom. The average Bonchev–Trinajstić information content (AvgIpc) is 2.65. The van der Waals surface area contributed by atoms with Gasteiger partial charge in [-0.2, -0.15) is 0 Å². The summed E-state index contributed by atoms with van der Waals surface area (Å²) in [5.41, 5.74) is 2.41. The van der Waals surface area contributed by atoms with Crippen molar-refractivity contribution in [1.29, 1.82) is 0 Å². The zero-order valence-electron chi connectivity index (χ0n) is 16.3. The van der Waals surface area contributed by atoms with Gasteiger partial charge in [-0.05, 0) is 75.1 Å². The molecule has 1 saturated carbocycles. The molecule has 0 unspecified atom stereocenters. The van der Waals surface area contributed by atoms with Crippen molar-refractivity contribution in [3.05, 3.63) is 58.6 Å². The van der Waals surface area contributed by atoms with Crippen LogP contribution in [0.2, 0.25) is 5.02 Å². The van der Waals surface area contributed by atoms with Crippen LogP contribution in [0.4, 0.5) is 5.69 Å². The van der Waals surface area contributed by atoms with Crippen LogP contribution in [0.1, 0.15) is 57.1 Å². The molecular formula is C23H28ClNO2. The highest BCUT2D eigenvalue weighted by Crippen LogP contribution is 2.41. The first-order valence-corrected chi connectivity index (χ1v) is 10.1. The largest absolute Gasteiger partial charge is 0.491 e. The van der Waals surface area contributed by atoms with Crippen molar-refractivity contribution < 1.29 is 9.53 Å². The minimum absolute atomic E-state index is 0.0708. The minimum Gasteiger partial charge on any atom is -0.491 e. The number of hydrogen-bond acceptors (Lipinski definition) is 2. The fraction of sp³-hybridized carbons (Fsp3) is 0.435. The maximum atomic E-state index is 13.4. The van der Waals surface area contributed by atoms with Gasteiger partial charge in [0.15, 0.2) is 0 Å². The summed E-state index contributed by atoms with van der Waals surface area (Å²) >= 11 is 6.06. The van der Waals surface area contributed by atoms with Crippen molar-refractivity contribution in [3.63, 3.8) is 0 Å². The summed E-state index contributed by atoms with van der Waals surface area (Å²) in [6.45, 7) is 6.02. The van der Waals surface area contributed by atoms with Crippen LogP contribution in [0.3, 0.4) is 0 Å². The van der Waals surface area contributed by atoms with E-state index in [-0.39, 0.29) is 12.0 Å². The van der Waals surface area contributed by atoms with Crippen LogP contribution in [0.25, 0.3) is 0 Å². The summed E-state index contributed by atoms with van der Waals surface area (Å²) in [6.07, 6.45) is 5.18. The molecule has 0 aliphatic heterocycles. The molecule has 27 heavy (non-hydrogen) atoms. The molecule has 0 aromatic heterocycles. The van der Waals surface area contributed by atoms with Crippen molar-refractivity contribution in [2.45, 2.75) is 64.4 Å². The molecule has 4 heteroatoms. The Hall–Kier alpha value is -2.00. The standard InChI is InChI=1S/C23H28ClNO2/c1-16(2)27-21-12-11-20(15-17(21)3)25-22(26)23(13-5-4-6-14-23)18-7-9-19(24)10-8-18/h7-12,15-16H,4-6,13-14H2,1-3H3,(H,25,26). The quantitative estimate of drug-likeness (QED) is 0.658. The summed E-state index contributed by atoms with van der Waals surface area (Å²) in [7, 11) is 0. The lowest BCUT2D eigenvalue weighted by molar-refractivity contribution is -0.122. The van der Waals surface area contributed by atoms with Gasteiger partial charge in [-0.1, -0.05) is 43.0 Å². The van der Waals surface area contributed by atoms with Gasteiger partial charge in [-0.25, -0.2) is 0 Å². The maximum absolute atomic E-state index is 13.4. The Morgan fingerprint density at radius 3 is 2.33 bits per heavy atom. The molecule has 0 radical (unpaired) electrons. The van der Waals surface area contributed by atoms with E-state index in [4.69, 9.17) is 16.3 Å². The molecule has 1 N–H and O–H groups in total. The summed E-state index contributed by atoms with van der Waals surface area (Å²) in [5.74, 6) is 0.925. The lowest BCUT2D eigenvalue weighted by Gasteiger charge is -2.36. The molecule has 1 aliphatic carbocycles. The van der Waals surface area contributed by atoms with E-state index in [0.29, 0.717) is 5.02 Å². The van der Waals surface area contributed by atoms with Crippen molar-refractivity contribution in [2.24, 2.45) is 0 Å². The van der Waals surface area contributed by atoms with Gasteiger partial charge < -0.3 is 10.1 Å². The van der Waals surface area contributed by atoms with Gasteiger partial charge in [0.05, 0.1) is 11.5 Å². The van der Waals surface area contributed by atoms with Crippen LogP contribution in [-0.2, 0) is 10.2 Å². The average molecular weight is 386 g/mol. The Labute approximate surface area is 167 Å². The van der Waals surface area contributed by atoms with Gasteiger partial charge in [0.1, 0.15) is 5.75 Å². The zero-order chi connectivity index (χ0) is 19.4. The summed E-state index contributed by atoms with van der Waals surface area (Å²) in [6, 6.07) is 13.6. The van der Waals surface area contributed by atoms with Crippen molar-refractivity contribution in [1.82, 2.24) is 0 Å². The first kappa shape index (κ1) is 19.8. The Morgan fingerprint density at radius 2 is 1.74 bits per heavy atom. The molecule has 1 fully saturated rings. The van der Waals surface area contributed by atoms with Crippen molar-refractivity contribution >= 4 is 23.2 Å². The van der Waals surface area contributed by atoms with Crippen molar-refractivity contribution in [2.75, 3.05) is 5.32 Å². The number of hydrogen-bond donors (Lipinski definition) is 1. The third kappa shape index (κ3) is 4.47. The van der Waals surface area contributed by atoms with E-state index in [1.165, 1.54) is 6.42 Å². The van der Waals surface area contributed by atoms with Crippen LogP contribution in [0.15, 0.2) is 42.5 Å². The number of benzene rings is 2. The Balaban J connectivity index is 1.85. The number of halogens is 1. The summed E-state index contributed by atoms with van der Waals surface area (Å²) in [4.78, 5) is 13.4. The number of nitrogens with one attached hydrogen (secondary N) is 1. The number of carbonyl (C=O) groups excluding carboxylic acids is 1. The van der Waals surface area contributed by atoms with Gasteiger partial charge >= 0.3 is 0 Å². The second-order valence-electron chi connectivity index (χ2n) is 7.75. The van der Waals surface area contributed by atoms with Crippen LogP contribution in [-0.4, -0.2) is 12.0 Å². The molecule has 3 rings (SSSR count). The molecule has 0 heterocycles. The van der Waals surface area contributed by atoms with Gasteiger partial charge in [0.2, 0.25) is 5.91 Å². The molecule has 0 bridgehead atoms. The number of aryl methyl sites for hydroxylation is 1. The van der Waals surface area contributed by atoms with E-state index in [1.54, 1.807) is 0 Å². The molecule has 0 spiro atoms. The normalized spacial score (nSPS) is 16.2. The lowest BCUT2D eigenvalue weighted by Crippen LogP contribution is -2.42. The van der Waals surface area contributed by atoms with Gasteiger partial charge in [-0.15, -0.1) is 0 Å². The molecule has 2 aromatic carbocycles. The first-order valence-electron chi connectivity index (χ1n) is 9.75. The van der Waals surface area contributed by atoms with E-state index in [2.05, 4.69) is 5.32 Å². The van der Waals surface area contributed by atoms with Crippen LogP contribution in [0.5, 0.6) is 5.75 Å². The first-order chi connectivity index (χ1) is 12.9. The third-order valence-corrected chi connectivity index (χ3v) is 5.59. The van der Waals surface area contributed by atoms with E-state index in [1.807, 2.05) is 63.2 Å². The monoisotopic (exact) mass is 385 g/mol. The number of ether oxygens (including phenoxy) is 1. The van der Waals surface area contributed by atoms with Gasteiger partial charge in [-0.3, -0.25) is 4.79 Å². The Kier molecular flexibility index (Phi) is 6.11. The lowest BCUT2D eigenvalue weighted by atomic mass is 9.68. The van der Waals surface area contributed by atoms with E-state index < -0.39 is 5.41 Å². The topological polar surface area (TPSA) is 38.3 Å². The highest BCUT2D eigenvalue weighted by atomic mass is 35.5. The molecule has 1 amide bonds. The zero-order valence-corrected chi connectivity index (χ0v) is 17.1. The van der Waals surface area contributed by atoms with E-state index in [9.17, 15) is 4.79 Å². The maximum Gasteiger partial charge on any atom is 0.235 e. The number of amides is 1. The minimum atomic E-state index is -0.482. The predicted molar refractivity (Wildman–Crippen MR) is 112 cm³/mol. The van der Waals surface area contributed by atoms with Crippen molar-refractivity contribution in [3.8, 4) is 5.75 Å². The molecular weight excluding hydrogens is 358 g/mol. The fourth-order valence-electron chi connectivity index (χ4n) is 3.94. The molecule has 1 aliphatic rings. The van der Waals surface area contributed by atoms with E-state index >= 15 is 0 Å². The van der Waals surface area contributed by atoms with Gasteiger partial charge in [0, 0.05) is 10.7 Å². The number of rotatable bonds is 5. The molecule has 2 aromatic rings. The SMILES string of the molecule is Cc1cc(NC(=O)C2(c3ccc(Cl)cc3)CCCCC2)ccc1OC(C)C. The van der Waals surface area contributed by atoms with Crippen LogP contribution >= 0.6 is 11.6 Å². The van der Waals surface area contributed by atoms with Gasteiger partial charge in [0.25, 0.3) is 0 Å². The summed E-state index contributed by atoms with van der Waals surface area (Å²) in [5, 5.41) is 3.86. The highest BCUT2D eigenvalue weighted by molar-refractivity contribution is 6.30. The van der Waals surface area contributed by atoms with E-state index in [0.717, 1.165) is 48.2 Å². The van der Waals surface area contributed by atoms with Crippen LogP contribution < -0.4 is 10.1 Å². The van der Waals surface area contributed by atoms with Crippen LogP contribution in [0, 0.1) is 6.92 Å². The highest BCUT2D eigenvalue weighted by Gasteiger charge is 2.41.